The van der Waals surface area contributed by atoms with Gasteiger partial charge in [0.2, 0.25) is 0 Å². The molecule has 0 heterocycles. The lowest BCUT2D eigenvalue weighted by molar-refractivity contribution is 0.541. The van der Waals surface area contributed by atoms with Crippen LogP contribution in [0.1, 0.15) is 29.7 Å². The van der Waals surface area contributed by atoms with Crippen LogP contribution >= 0.6 is 11.6 Å². The van der Waals surface area contributed by atoms with Crippen molar-refractivity contribution in [1.82, 2.24) is 5.32 Å². The van der Waals surface area contributed by atoms with Crippen LogP contribution in [0.15, 0.2) is 30.3 Å². The SMILES string of the molecule is CCNC(c1cc(F)ccc1C)c1cc(F)c(Cl)cc1F. The molecule has 2 aromatic carbocycles. The number of rotatable bonds is 4. The number of benzene rings is 2. The van der Waals surface area contributed by atoms with Crippen LogP contribution in [0.2, 0.25) is 5.02 Å². The molecule has 0 aliphatic carbocycles. The molecule has 2 rings (SSSR count). The fourth-order valence-electron chi connectivity index (χ4n) is 2.27. The van der Waals surface area contributed by atoms with Gasteiger partial charge >= 0.3 is 0 Å². The summed E-state index contributed by atoms with van der Waals surface area (Å²) in [5.74, 6) is -1.76. The van der Waals surface area contributed by atoms with Gasteiger partial charge < -0.3 is 5.32 Å². The third kappa shape index (κ3) is 3.39. The minimum absolute atomic E-state index is 0.104. The molecule has 0 aliphatic rings. The highest BCUT2D eigenvalue weighted by atomic mass is 35.5. The zero-order valence-electron chi connectivity index (χ0n) is 11.7. The van der Waals surface area contributed by atoms with E-state index >= 15 is 0 Å². The van der Waals surface area contributed by atoms with Gasteiger partial charge in [0.25, 0.3) is 0 Å². The van der Waals surface area contributed by atoms with Gasteiger partial charge in [-0.05, 0) is 48.9 Å². The molecule has 0 bridgehead atoms. The topological polar surface area (TPSA) is 12.0 Å². The van der Waals surface area contributed by atoms with Crippen molar-refractivity contribution in [3.05, 3.63) is 69.5 Å². The minimum atomic E-state index is -0.704. The molecule has 1 N–H and O–H groups in total. The largest absolute Gasteiger partial charge is 0.306 e. The Kier molecular flexibility index (Phi) is 4.91. The van der Waals surface area contributed by atoms with Crippen LogP contribution in [-0.2, 0) is 0 Å². The fraction of sp³-hybridized carbons (Fsp3) is 0.250. The minimum Gasteiger partial charge on any atom is -0.306 e. The lowest BCUT2D eigenvalue weighted by atomic mass is 9.94. The van der Waals surface area contributed by atoms with Gasteiger partial charge in [-0.25, -0.2) is 13.2 Å². The fourth-order valence-corrected chi connectivity index (χ4v) is 2.42. The molecule has 21 heavy (non-hydrogen) atoms. The van der Waals surface area contributed by atoms with Crippen molar-refractivity contribution in [2.24, 2.45) is 0 Å². The normalized spacial score (nSPS) is 12.5. The van der Waals surface area contributed by atoms with Gasteiger partial charge in [-0.15, -0.1) is 0 Å². The van der Waals surface area contributed by atoms with E-state index in [2.05, 4.69) is 5.32 Å². The predicted molar refractivity (Wildman–Crippen MR) is 78.0 cm³/mol. The van der Waals surface area contributed by atoms with Crippen LogP contribution in [0.3, 0.4) is 0 Å². The Morgan fingerprint density at radius 1 is 1.05 bits per heavy atom. The molecule has 0 radical (unpaired) electrons. The smallest absolute Gasteiger partial charge is 0.142 e. The second kappa shape index (κ2) is 6.50. The highest BCUT2D eigenvalue weighted by Crippen LogP contribution is 2.30. The maximum Gasteiger partial charge on any atom is 0.142 e. The van der Waals surface area contributed by atoms with E-state index < -0.39 is 23.5 Å². The Morgan fingerprint density at radius 3 is 2.43 bits per heavy atom. The van der Waals surface area contributed by atoms with Crippen LogP contribution in [0.4, 0.5) is 13.2 Å². The van der Waals surface area contributed by atoms with E-state index in [-0.39, 0.29) is 10.6 Å². The van der Waals surface area contributed by atoms with Gasteiger partial charge in [-0.2, -0.15) is 0 Å². The van der Waals surface area contributed by atoms with Crippen LogP contribution in [0.25, 0.3) is 0 Å². The summed E-state index contributed by atoms with van der Waals surface area (Å²) in [5.41, 5.74) is 1.46. The van der Waals surface area contributed by atoms with Gasteiger partial charge in [0.15, 0.2) is 0 Å². The van der Waals surface area contributed by atoms with Crippen molar-refractivity contribution in [2.45, 2.75) is 19.9 Å². The molecular formula is C16H15ClF3N. The molecule has 5 heteroatoms. The number of nitrogens with one attached hydrogen (secondary N) is 1. The molecule has 0 saturated carbocycles. The van der Waals surface area contributed by atoms with Crippen molar-refractivity contribution in [1.29, 1.82) is 0 Å². The molecule has 0 aromatic heterocycles. The molecule has 112 valence electrons. The van der Waals surface area contributed by atoms with Crippen molar-refractivity contribution in [2.75, 3.05) is 6.54 Å². The van der Waals surface area contributed by atoms with Gasteiger partial charge in [0.1, 0.15) is 17.5 Å². The van der Waals surface area contributed by atoms with Gasteiger partial charge in [-0.3, -0.25) is 0 Å². The van der Waals surface area contributed by atoms with E-state index in [0.29, 0.717) is 12.1 Å². The Hall–Kier alpha value is -1.52. The lowest BCUT2D eigenvalue weighted by Crippen LogP contribution is -2.24. The second-order valence-corrected chi connectivity index (χ2v) is 5.19. The summed E-state index contributed by atoms with van der Waals surface area (Å²) in [6.45, 7) is 4.15. The molecule has 1 nitrogen and oxygen atoms in total. The van der Waals surface area contributed by atoms with Crippen LogP contribution < -0.4 is 5.32 Å². The first-order chi connectivity index (χ1) is 9.93. The van der Waals surface area contributed by atoms with E-state index in [1.807, 2.05) is 6.92 Å². The Morgan fingerprint density at radius 2 is 1.76 bits per heavy atom. The van der Waals surface area contributed by atoms with Crippen LogP contribution in [0.5, 0.6) is 0 Å². The Balaban J connectivity index is 2.58. The average Bonchev–Trinajstić information content (AvgIpc) is 2.43. The first-order valence-corrected chi connectivity index (χ1v) is 6.95. The number of hydrogen-bond donors (Lipinski definition) is 1. The summed E-state index contributed by atoms with van der Waals surface area (Å²) >= 11 is 5.57. The van der Waals surface area contributed by atoms with Crippen molar-refractivity contribution < 1.29 is 13.2 Å². The molecule has 1 unspecified atom stereocenters. The average molecular weight is 314 g/mol. The first kappa shape index (κ1) is 15.9. The highest BCUT2D eigenvalue weighted by Gasteiger charge is 2.21. The molecule has 2 aromatic rings. The van der Waals surface area contributed by atoms with Gasteiger partial charge in [0, 0.05) is 5.56 Å². The van der Waals surface area contributed by atoms with Gasteiger partial charge in [-0.1, -0.05) is 24.6 Å². The maximum absolute atomic E-state index is 14.1. The van der Waals surface area contributed by atoms with Crippen molar-refractivity contribution >= 4 is 11.6 Å². The molecule has 1 atom stereocenters. The maximum atomic E-state index is 14.1. The van der Waals surface area contributed by atoms with E-state index in [1.54, 1.807) is 13.0 Å². The highest BCUT2D eigenvalue weighted by molar-refractivity contribution is 6.30. The lowest BCUT2D eigenvalue weighted by Gasteiger charge is -2.22. The third-order valence-electron chi connectivity index (χ3n) is 3.31. The molecule has 0 aliphatic heterocycles. The van der Waals surface area contributed by atoms with E-state index in [0.717, 1.165) is 17.7 Å². The Bertz CT molecular complexity index is 658. The number of aryl methyl sites for hydroxylation is 1. The van der Waals surface area contributed by atoms with Crippen LogP contribution in [0, 0.1) is 24.4 Å². The summed E-state index contributed by atoms with van der Waals surface area (Å²) in [7, 11) is 0. The second-order valence-electron chi connectivity index (χ2n) is 4.78. The standard InChI is InChI=1S/C16H15ClF3N/c1-3-21-16(11-6-10(18)5-4-9(11)2)12-7-15(20)13(17)8-14(12)19/h4-8,16,21H,3H2,1-2H3. The van der Waals surface area contributed by atoms with Crippen molar-refractivity contribution in [3.63, 3.8) is 0 Å². The molecule has 0 amide bonds. The zero-order valence-corrected chi connectivity index (χ0v) is 12.4. The van der Waals surface area contributed by atoms with E-state index in [9.17, 15) is 13.2 Å². The summed E-state index contributed by atoms with van der Waals surface area (Å²) in [6.07, 6.45) is 0. The zero-order chi connectivity index (χ0) is 15.6. The molecule has 0 saturated heterocycles. The van der Waals surface area contributed by atoms with E-state index in [4.69, 9.17) is 11.6 Å². The molecular weight excluding hydrogens is 299 g/mol. The summed E-state index contributed by atoms with van der Waals surface area (Å²) < 4.78 is 41.3. The summed E-state index contributed by atoms with van der Waals surface area (Å²) in [5, 5.41) is 2.78. The number of hydrogen-bond acceptors (Lipinski definition) is 1. The molecule has 0 fully saturated rings. The van der Waals surface area contributed by atoms with Gasteiger partial charge in [0.05, 0.1) is 11.1 Å². The predicted octanol–water partition coefficient (Wildman–Crippen LogP) is 4.76. The third-order valence-corrected chi connectivity index (χ3v) is 3.60. The quantitative estimate of drug-likeness (QED) is 0.802. The summed E-state index contributed by atoms with van der Waals surface area (Å²) in [4.78, 5) is 0. The van der Waals surface area contributed by atoms with Crippen LogP contribution in [-0.4, -0.2) is 6.54 Å². The van der Waals surface area contributed by atoms with Crippen molar-refractivity contribution in [3.8, 4) is 0 Å². The summed E-state index contributed by atoms with van der Waals surface area (Å²) in [6, 6.07) is 5.62. The Labute approximate surface area is 126 Å². The number of halogens is 4. The molecule has 0 spiro atoms. The monoisotopic (exact) mass is 313 g/mol. The first-order valence-electron chi connectivity index (χ1n) is 6.58. The van der Waals surface area contributed by atoms with E-state index in [1.165, 1.54) is 12.1 Å².